The summed E-state index contributed by atoms with van der Waals surface area (Å²) in [5.74, 6) is -0.368. The van der Waals surface area contributed by atoms with Crippen molar-refractivity contribution >= 4 is 61.7 Å². The summed E-state index contributed by atoms with van der Waals surface area (Å²) in [6.07, 6.45) is 0. The van der Waals surface area contributed by atoms with Gasteiger partial charge in [-0.1, -0.05) is 29.3 Å². The van der Waals surface area contributed by atoms with Crippen LogP contribution in [0, 0.1) is 0 Å². The minimum absolute atomic E-state index is 0.151. The molecule has 0 aliphatic carbocycles. The van der Waals surface area contributed by atoms with E-state index in [9.17, 15) is 13.5 Å². The summed E-state index contributed by atoms with van der Waals surface area (Å²) in [7, 11) is -3.94. The molecule has 0 radical (unpaired) electrons. The van der Waals surface area contributed by atoms with Gasteiger partial charge in [0.1, 0.15) is 11.0 Å². The lowest BCUT2D eigenvalue weighted by Crippen LogP contribution is -2.13. The Kier molecular flexibility index (Phi) is 3.85. The summed E-state index contributed by atoms with van der Waals surface area (Å²) in [5.41, 5.74) is 1.34. The van der Waals surface area contributed by atoms with Crippen molar-refractivity contribution in [2.75, 3.05) is 4.72 Å². The number of sulfonamides is 1. The van der Waals surface area contributed by atoms with Gasteiger partial charge in [0.05, 0.1) is 32.4 Å². The fourth-order valence-electron chi connectivity index (χ4n) is 1.79. The van der Waals surface area contributed by atoms with E-state index in [-0.39, 0.29) is 20.7 Å². The van der Waals surface area contributed by atoms with Crippen molar-refractivity contribution in [3.8, 4) is 5.75 Å². The fourth-order valence-corrected chi connectivity index (χ4v) is 4.07. The first-order valence-electron chi connectivity index (χ1n) is 5.80. The number of aromatic nitrogens is 2. The van der Waals surface area contributed by atoms with Crippen molar-refractivity contribution in [1.29, 1.82) is 0 Å². The highest BCUT2D eigenvalue weighted by atomic mass is 35.5. The molecule has 0 bridgehead atoms. The molecular weight excluding hydrogens is 369 g/mol. The molecule has 0 aliphatic rings. The summed E-state index contributed by atoms with van der Waals surface area (Å²) in [6.45, 7) is 0. The lowest BCUT2D eigenvalue weighted by molar-refractivity contribution is 0.475. The van der Waals surface area contributed by atoms with Gasteiger partial charge in [-0.05, 0) is 24.3 Å². The van der Waals surface area contributed by atoms with E-state index in [1.54, 1.807) is 18.2 Å². The number of rotatable bonds is 3. The number of nitrogens with one attached hydrogen (secondary N) is 1. The van der Waals surface area contributed by atoms with Crippen LogP contribution < -0.4 is 4.72 Å². The highest BCUT2D eigenvalue weighted by Crippen LogP contribution is 2.35. The van der Waals surface area contributed by atoms with E-state index in [0.29, 0.717) is 16.7 Å². The predicted octanol–water partition coefficient (Wildman–Crippen LogP) is 3.50. The van der Waals surface area contributed by atoms with Crippen LogP contribution in [-0.2, 0) is 10.0 Å². The predicted molar refractivity (Wildman–Crippen MR) is 86.4 cm³/mol. The lowest BCUT2D eigenvalue weighted by atomic mass is 10.3. The zero-order valence-corrected chi connectivity index (χ0v) is 13.8. The van der Waals surface area contributed by atoms with Gasteiger partial charge in [-0.15, -0.1) is 0 Å². The maximum atomic E-state index is 12.4. The van der Waals surface area contributed by atoms with Crippen LogP contribution in [0.1, 0.15) is 0 Å². The van der Waals surface area contributed by atoms with Crippen molar-refractivity contribution < 1.29 is 13.5 Å². The molecule has 0 unspecified atom stereocenters. The van der Waals surface area contributed by atoms with Crippen LogP contribution in [0.3, 0.4) is 0 Å². The first-order chi connectivity index (χ1) is 10.4. The zero-order valence-electron chi connectivity index (χ0n) is 10.6. The van der Waals surface area contributed by atoms with Crippen LogP contribution in [0.2, 0.25) is 10.0 Å². The Labute approximate surface area is 139 Å². The summed E-state index contributed by atoms with van der Waals surface area (Å²) < 4.78 is 35.4. The lowest BCUT2D eigenvalue weighted by Gasteiger charge is -2.10. The normalized spacial score (nSPS) is 11.7. The maximum absolute atomic E-state index is 12.4. The van der Waals surface area contributed by atoms with Crippen molar-refractivity contribution in [1.82, 2.24) is 8.75 Å². The number of fused-ring (bicyclic) bond motifs is 1. The number of benzene rings is 2. The first-order valence-corrected chi connectivity index (χ1v) is 8.77. The quantitative estimate of drug-likeness (QED) is 0.730. The van der Waals surface area contributed by atoms with Crippen LogP contribution in [0.25, 0.3) is 11.0 Å². The molecule has 3 aromatic rings. The van der Waals surface area contributed by atoms with E-state index in [1.165, 1.54) is 0 Å². The molecule has 2 aromatic carbocycles. The van der Waals surface area contributed by atoms with E-state index in [1.807, 2.05) is 0 Å². The van der Waals surface area contributed by atoms with Crippen LogP contribution in [-0.4, -0.2) is 22.3 Å². The second-order valence-corrected chi connectivity index (χ2v) is 7.30. The van der Waals surface area contributed by atoms with Crippen molar-refractivity contribution in [3.63, 3.8) is 0 Å². The van der Waals surface area contributed by atoms with Gasteiger partial charge in [-0.2, -0.15) is 8.75 Å². The second kappa shape index (κ2) is 5.54. The number of hydrogen-bond donors (Lipinski definition) is 2. The number of aromatic hydroxyl groups is 1. The molecule has 0 fully saturated rings. The molecule has 0 spiro atoms. The van der Waals surface area contributed by atoms with Gasteiger partial charge in [0, 0.05) is 0 Å². The minimum Gasteiger partial charge on any atom is -0.505 e. The van der Waals surface area contributed by atoms with Crippen LogP contribution in [0.15, 0.2) is 35.2 Å². The van der Waals surface area contributed by atoms with Gasteiger partial charge in [-0.3, -0.25) is 4.72 Å². The molecule has 0 aliphatic heterocycles. The molecule has 1 heterocycles. The number of halogens is 2. The maximum Gasteiger partial charge on any atom is 0.262 e. The van der Waals surface area contributed by atoms with Crippen LogP contribution in [0.4, 0.5) is 5.69 Å². The van der Waals surface area contributed by atoms with Crippen LogP contribution in [0.5, 0.6) is 5.75 Å². The van der Waals surface area contributed by atoms with E-state index in [0.717, 1.165) is 23.9 Å². The Morgan fingerprint density at radius 3 is 2.50 bits per heavy atom. The summed E-state index contributed by atoms with van der Waals surface area (Å²) in [4.78, 5) is -0.166. The molecule has 10 heteroatoms. The SMILES string of the molecule is O=S(=O)(Nc1cccc2nsnc12)c1cc(Cl)c(O)c(Cl)c1. The van der Waals surface area contributed by atoms with E-state index < -0.39 is 10.0 Å². The third kappa shape index (κ3) is 2.70. The van der Waals surface area contributed by atoms with Gasteiger partial charge < -0.3 is 5.11 Å². The largest absolute Gasteiger partial charge is 0.505 e. The molecule has 22 heavy (non-hydrogen) atoms. The molecule has 2 N–H and O–H groups in total. The topological polar surface area (TPSA) is 92.2 Å². The monoisotopic (exact) mass is 375 g/mol. The molecule has 6 nitrogen and oxygen atoms in total. The highest BCUT2D eigenvalue weighted by Gasteiger charge is 2.20. The van der Waals surface area contributed by atoms with Gasteiger partial charge in [-0.25, -0.2) is 8.42 Å². The standard InChI is InChI=1S/C12H7Cl2N3O3S2/c13-7-4-6(5-8(14)12(7)18)22(19,20)17-10-3-1-2-9-11(10)16-21-15-9/h1-5,17-18H. The van der Waals surface area contributed by atoms with E-state index in [4.69, 9.17) is 23.2 Å². The van der Waals surface area contributed by atoms with E-state index in [2.05, 4.69) is 13.5 Å². The molecule has 1 aromatic heterocycles. The summed E-state index contributed by atoms with van der Waals surface area (Å²) >= 11 is 12.5. The molecular formula is C12H7Cl2N3O3S2. The molecule has 3 rings (SSSR count). The fraction of sp³-hybridized carbons (Fsp3) is 0. The average Bonchev–Trinajstić information content (AvgIpc) is 2.93. The highest BCUT2D eigenvalue weighted by molar-refractivity contribution is 7.92. The number of anilines is 1. The Balaban J connectivity index is 2.06. The Morgan fingerprint density at radius 2 is 1.82 bits per heavy atom. The number of phenols is 1. The Bertz CT molecular complexity index is 950. The second-order valence-electron chi connectivity index (χ2n) is 4.28. The third-order valence-electron chi connectivity index (χ3n) is 2.83. The average molecular weight is 376 g/mol. The first kappa shape index (κ1) is 15.3. The van der Waals surface area contributed by atoms with Crippen molar-refractivity contribution in [3.05, 3.63) is 40.4 Å². The Hall–Kier alpha value is -1.61. The van der Waals surface area contributed by atoms with Gasteiger partial charge in [0.2, 0.25) is 0 Å². The summed E-state index contributed by atoms with van der Waals surface area (Å²) in [5, 5.41) is 9.20. The Morgan fingerprint density at radius 1 is 1.14 bits per heavy atom. The number of phenolic OH excluding ortho intramolecular Hbond substituents is 1. The number of hydrogen-bond acceptors (Lipinski definition) is 6. The molecule has 0 saturated carbocycles. The molecule has 114 valence electrons. The van der Waals surface area contributed by atoms with Crippen molar-refractivity contribution in [2.45, 2.75) is 4.90 Å². The van der Waals surface area contributed by atoms with E-state index >= 15 is 0 Å². The number of nitrogens with zero attached hydrogens (tertiary/aromatic N) is 2. The zero-order chi connectivity index (χ0) is 15.9. The molecule has 0 saturated heterocycles. The summed E-state index contributed by atoms with van der Waals surface area (Å²) in [6, 6.07) is 7.20. The smallest absolute Gasteiger partial charge is 0.262 e. The van der Waals surface area contributed by atoms with Crippen molar-refractivity contribution in [2.24, 2.45) is 0 Å². The van der Waals surface area contributed by atoms with Gasteiger partial charge >= 0.3 is 0 Å². The van der Waals surface area contributed by atoms with Gasteiger partial charge in [0.15, 0.2) is 5.75 Å². The van der Waals surface area contributed by atoms with Crippen LogP contribution >= 0.6 is 34.9 Å². The molecule has 0 atom stereocenters. The van der Waals surface area contributed by atoms with Gasteiger partial charge in [0.25, 0.3) is 10.0 Å². The molecule has 0 amide bonds. The minimum atomic E-state index is -3.94. The third-order valence-corrected chi connectivity index (χ3v) is 5.29.